The Hall–Kier alpha value is -1.11. The lowest BCUT2D eigenvalue weighted by Gasteiger charge is -2.02. The average molecular weight is 264 g/mol. The molecule has 6 nitrogen and oxygen atoms in total. The highest BCUT2D eigenvalue weighted by atomic mass is 35.5. The summed E-state index contributed by atoms with van der Waals surface area (Å²) in [6.07, 6.45) is 0. The highest BCUT2D eigenvalue weighted by Crippen LogP contribution is 2.04. The van der Waals surface area contributed by atoms with Gasteiger partial charge in [-0.3, -0.25) is 4.79 Å². The summed E-state index contributed by atoms with van der Waals surface area (Å²) < 4.78 is 9.76. The van der Waals surface area contributed by atoms with Crippen molar-refractivity contribution < 1.29 is 14.1 Å². The molecule has 0 fully saturated rings. The van der Waals surface area contributed by atoms with Crippen LogP contribution in [0.1, 0.15) is 23.2 Å². The molecular formula is C10H18ClN3O3. The van der Waals surface area contributed by atoms with E-state index in [4.69, 9.17) is 9.26 Å². The number of carbonyl (C=O) groups excluding carboxylic acids is 1. The third-order valence-electron chi connectivity index (χ3n) is 1.92. The van der Waals surface area contributed by atoms with E-state index in [2.05, 4.69) is 15.8 Å². The highest BCUT2D eigenvalue weighted by Gasteiger charge is 2.11. The van der Waals surface area contributed by atoms with Crippen LogP contribution in [0.3, 0.4) is 0 Å². The number of aromatic nitrogens is 1. The van der Waals surface area contributed by atoms with Crippen LogP contribution >= 0.6 is 12.4 Å². The molecule has 17 heavy (non-hydrogen) atoms. The van der Waals surface area contributed by atoms with Gasteiger partial charge in [0.1, 0.15) is 6.61 Å². The number of carbonyl (C=O) groups is 1. The van der Waals surface area contributed by atoms with Crippen LogP contribution < -0.4 is 10.6 Å². The molecule has 0 atom stereocenters. The fourth-order valence-electron chi connectivity index (χ4n) is 1.16. The van der Waals surface area contributed by atoms with E-state index in [1.807, 2.05) is 6.92 Å². The molecule has 0 saturated heterocycles. The number of nitrogens with one attached hydrogen (secondary N) is 2. The van der Waals surface area contributed by atoms with Gasteiger partial charge in [-0.15, -0.1) is 12.4 Å². The fraction of sp³-hybridized carbons (Fsp3) is 0.600. The number of hydrogen-bond acceptors (Lipinski definition) is 5. The van der Waals surface area contributed by atoms with Gasteiger partial charge < -0.3 is 19.9 Å². The molecular weight excluding hydrogens is 246 g/mol. The van der Waals surface area contributed by atoms with Gasteiger partial charge in [-0.1, -0.05) is 12.1 Å². The summed E-state index contributed by atoms with van der Waals surface area (Å²) in [6, 6.07) is 1.58. The largest absolute Gasteiger partial charge is 0.377 e. The summed E-state index contributed by atoms with van der Waals surface area (Å²) in [5.74, 6) is 0.309. The molecule has 98 valence electrons. The van der Waals surface area contributed by atoms with E-state index in [1.165, 1.54) is 0 Å². The quantitative estimate of drug-likeness (QED) is 0.704. The molecule has 2 N–H and O–H groups in total. The molecule has 0 radical (unpaired) electrons. The van der Waals surface area contributed by atoms with Crippen molar-refractivity contribution in [1.82, 2.24) is 15.8 Å². The maximum atomic E-state index is 11.5. The van der Waals surface area contributed by atoms with Crippen LogP contribution in [0.15, 0.2) is 10.6 Å². The molecule has 0 aliphatic rings. The fourth-order valence-corrected chi connectivity index (χ4v) is 1.16. The Bertz CT molecular complexity index is 330. The monoisotopic (exact) mass is 263 g/mol. The first-order valence-corrected chi connectivity index (χ1v) is 5.21. The minimum Gasteiger partial charge on any atom is -0.377 e. The predicted octanol–water partition coefficient (Wildman–Crippen LogP) is 0.582. The molecule has 1 aromatic heterocycles. The number of methoxy groups -OCH3 is 1. The predicted molar refractivity (Wildman–Crippen MR) is 65.3 cm³/mol. The molecule has 7 heteroatoms. The first-order valence-electron chi connectivity index (χ1n) is 5.21. The standard InChI is InChI=1S/C10H17N3O3.ClH/c1-3-11-4-5-12-10(14)9-6-8(7-15-2)16-13-9;/h6,11H,3-5,7H2,1-2H3,(H,12,14);1H. The van der Waals surface area contributed by atoms with Gasteiger partial charge in [0.2, 0.25) is 0 Å². The zero-order chi connectivity index (χ0) is 11.8. The van der Waals surface area contributed by atoms with Gasteiger partial charge in [0.15, 0.2) is 11.5 Å². The average Bonchev–Trinajstić information content (AvgIpc) is 2.73. The number of hydrogen-bond donors (Lipinski definition) is 2. The molecule has 0 aliphatic heterocycles. The van der Waals surface area contributed by atoms with Gasteiger partial charge in [-0.25, -0.2) is 0 Å². The van der Waals surface area contributed by atoms with E-state index in [-0.39, 0.29) is 24.0 Å². The SMILES string of the molecule is CCNCCNC(=O)c1cc(COC)on1.Cl. The third-order valence-corrected chi connectivity index (χ3v) is 1.92. The topological polar surface area (TPSA) is 76.4 Å². The summed E-state index contributed by atoms with van der Waals surface area (Å²) in [5, 5.41) is 9.47. The van der Waals surface area contributed by atoms with Gasteiger partial charge >= 0.3 is 0 Å². The van der Waals surface area contributed by atoms with Crippen molar-refractivity contribution in [3.63, 3.8) is 0 Å². The van der Waals surface area contributed by atoms with Gasteiger partial charge in [0, 0.05) is 26.3 Å². The maximum absolute atomic E-state index is 11.5. The number of halogens is 1. The second-order valence-electron chi connectivity index (χ2n) is 3.22. The van der Waals surface area contributed by atoms with Gasteiger partial charge in [0.25, 0.3) is 5.91 Å². The molecule has 0 saturated carbocycles. The lowest BCUT2D eigenvalue weighted by molar-refractivity contribution is 0.0944. The zero-order valence-electron chi connectivity index (χ0n) is 9.99. The van der Waals surface area contributed by atoms with E-state index in [1.54, 1.807) is 13.2 Å². The Morgan fingerprint density at radius 1 is 1.53 bits per heavy atom. The molecule has 1 aromatic rings. The molecule has 0 aromatic carbocycles. The highest BCUT2D eigenvalue weighted by molar-refractivity contribution is 5.92. The third kappa shape index (κ3) is 5.67. The molecule has 0 unspecified atom stereocenters. The summed E-state index contributed by atoms with van der Waals surface area (Å²) in [6.45, 7) is 4.52. The van der Waals surface area contributed by atoms with Crippen molar-refractivity contribution in [3.8, 4) is 0 Å². The first-order chi connectivity index (χ1) is 7.77. The minimum absolute atomic E-state index is 0. The van der Waals surface area contributed by atoms with Crippen molar-refractivity contribution in [2.45, 2.75) is 13.5 Å². The minimum atomic E-state index is -0.232. The summed E-state index contributed by atoms with van der Waals surface area (Å²) in [7, 11) is 1.55. The number of amides is 1. The van der Waals surface area contributed by atoms with Crippen LogP contribution in [0.4, 0.5) is 0 Å². The normalized spacial score (nSPS) is 9.76. The van der Waals surface area contributed by atoms with Gasteiger partial charge in [-0.2, -0.15) is 0 Å². The lowest BCUT2D eigenvalue weighted by Crippen LogP contribution is -2.31. The molecule has 0 spiro atoms. The lowest BCUT2D eigenvalue weighted by atomic mass is 10.3. The van der Waals surface area contributed by atoms with Crippen LogP contribution in [0.5, 0.6) is 0 Å². The van der Waals surface area contributed by atoms with E-state index >= 15 is 0 Å². The van der Waals surface area contributed by atoms with Crippen molar-refractivity contribution in [1.29, 1.82) is 0 Å². The van der Waals surface area contributed by atoms with Crippen molar-refractivity contribution in [3.05, 3.63) is 17.5 Å². The van der Waals surface area contributed by atoms with E-state index in [0.717, 1.165) is 13.1 Å². The van der Waals surface area contributed by atoms with E-state index < -0.39 is 0 Å². The number of likely N-dealkylation sites (N-methyl/N-ethyl adjacent to an activating group) is 1. The van der Waals surface area contributed by atoms with Crippen LogP contribution in [0.2, 0.25) is 0 Å². The Labute approximate surface area is 106 Å². The van der Waals surface area contributed by atoms with Crippen molar-refractivity contribution >= 4 is 18.3 Å². The first kappa shape index (κ1) is 15.9. The Morgan fingerprint density at radius 3 is 2.94 bits per heavy atom. The van der Waals surface area contributed by atoms with E-state index in [9.17, 15) is 4.79 Å². The second kappa shape index (κ2) is 8.98. The van der Waals surface area contributed by atoms with Crippen molar-refractivity contribution in [2.24, 2.45) is 0 Å². The summed E-state index contributed by atoms with van der Waals surface area (Å²) in [4.78, 5) is 11.5. The number of nitrogens with zero attached hydrogens (tertiary/aromatic N) is 1. The van der Waals surface area contributed by atoms with Crippen LogP contribution in [0.25, 0.3) is 0 Å². The zero-order valence-corrected chi connectivity index (χ0v) is 10.8. The van der Waals surface area contributed by atoms with Gasteiger partial charge in [0.05, 0.1) is 0 Å². The Morgan fingerprint density at radius 2 is 2.29 bits per heavy atom. The molecule has 1 rings (SSSR count). The second-order valence-corrected chi connectivity index (χ2v) is 3.22. The number of ether oxygens (including phenoxy) is 1. The van der Waals surface area contributed by atoms with Crippen LogP contribution in [-0.2, 0) is 11.3 Å². The van der Waals surface area contributed by atoms with Crippen molar-refractivity contribution in [2.75, 3.05) is 26.7 Å². The smallest absolute Gasteiger partial charge is 0.273 e. The molecule has 0 aliphatic carbocycles. The summed E-state index contributed by atoms with van der Waals surface area (Å²) in [5.41, 5.74) is 0.281. The molecule has 1 amide bonds. The Kier molecular flexibility index (Phi) is 8.39. The van der Waals surface area contributed by atoms with Crippen LogP contribution in [0, 0.1) is 0 Å². The van der Waals surface area contributed by atoms with Crippen LogP contribution in [-0.4, -0.2) is 37.8 Å². The maximum Gasteiger partial charge on any atom is 0.273 e. The summed E-state index contributed by atoms with van der Waals surface area (Å²) >= 11 is 0. The number of rotatable bonds is 7. The molecule has 0 bridgehead atoms. The van der Waals surface area contributed by atoms with Gasteiger partial charge in [-0.05, 0) is 6.54 Å². The Balaban J connectivity index is 0.00000256. The van der Waals surface area contributed by atoms with E-state index in [0.29, 0.717) is 18.9 Å². The molecule has 1 heterocycles.